The minimum Gasteiger partial charge on any atom is -0.396 e. The average molecular weight is 233 g/mol. The summed E-state index contributed by atoms with van der Waals surface area (Å²) >= 11 is 0. The van der Waals surface area contributed by atoms with Crippen LogP contribution in [-0.2, 0) is 4.79 Å². The molecule has 0 spiro atoms. The number of aliphatic hydroxyl groups is 1. The molecule has 0 radical (unpaired) electrons. The van der Waals surface area contributed by atoms with Crippen LogP contribution in [0.5, 0.6) is 0 Å². The van der Waals surface area contributed by atoms with Crippen molar-refractivity contribution in [2.75, 3.05) is 6.61 Å². The van der Waals surface area contributed by atoms with Gasteiger partial charge in [0.25, 0.3) is 0 Å². The fourth-order valence-corrected chi connectivity index (χ4v) is 1.64. The summed E-state index contributed by atoms with van der Waals surface area (Å²) in [6.07, 6.45) is 3.37. The number of nitrogens with one attached hydrogen (secondary N) is 1. The second-order valence-electron chi connectivity index (χ2n) is 3.87. The highest BCUT2D eigenvalue weighted by Gasteiger charge is 2.12. The highest BCUT2D eigenvalue weighted by molar-refractivity contribution is 5.76. The predicted octanol–water partition coefficient (Wildman–Crippen LogP) is 2.19. The van der Waals surface area contributed by atoms with E-state index in [1.165, 1.54) is 0 Å². The first-order valence-corrected chi connectivity index (χ1v) is 5.84. The smallest absolute Gasteiger partial charge is 0.220 e. The van der Waals surface area contributed by atoms with E-state index in [4.69, 9.17) is 5.11 Å². The van der Waals surface area contributed by atoms with Gasteiger partial charge in [0.05, 0.1) is 6.04 Å². The highest BCUT2D eigenvalue weighted by Crippen LogP contribution is 2.16. The van der Waals surface area contributed by atoms with Gasteiger partial charge in [-0.1, -0.05) is 36.4 Å². The van der Waals surface area contributed by atoms with E-state index in [-0.39, 0.29) is 18.6 Å². The van der Waals surface area contributed by atoms with Gasteiger partial charge < -0.3 is 10.4 Å². The van der Waals surface area contributed by atoms with Crippen LogP contribution < -0.4 is 5.32 Å². The van der Waals surface area contributed by atoms with E-state index in [0.29, 0.717) is 19.3 Å². The lowest BCUT2D eigenvalue weighted by molar-refractivity contribution is -0.121. The van der Waals surface area contributed by atoms with Crippen molar-refractivity contribution in [3.8, 4) is 0 Å². The summed E-state index contributed by atoms with van der Waals surface area (Å²) in [7, 11) is 0. The number of allylic oxidation sites excluding steroid dienone is 1. The number of aliphatic hydroxyl groups excluding tert-OH is 1. The Bertz CT molecular complexity index is 348. The van der Waals surface area contributed by atoms with Crippen molar-refractivity contribution in [3.63, 3.8) is 0 Å². The zero-order valence-electron chi connectivity index (χ0n) is 9.93. The summed E-state index contributed by atoms with van der Waals surface area (Å²) < 4.78 is 0. The van der Waals surface area contributed by atoms with Crippen LogP contribution in [0.15, 0.2) is 43.0 Å². The minimum absolute atomic E-state index is 0.00722. The Morgan fingerprint density at radius 3 is 2.71 bits per heavy atom. The highest BCUT2D eigenvalue weighted by atomic mass is 16.3. The molecule has 0 aliphatic rings. The van der Waals surface area contributed by atoms with Crippen LogP contribution >= 0.6 is 0 Å². The van der Waals surface area contributed by atoms with Crippen LogP contribution in [0.4, 0.5) is 0 Å². The molecule has 1 aromatic rings. The second kappa shape index (κ2) is 7.63. The summed E-state index contributed by atoms with van der Waals surface area (Å²) in [4.78, 5) is 11.6. The molecule has 1 rings (SSSR count). The molecular weight excluding hydrogens is 214 g/mol. The van der Waals surface area contributed by atoms with Gasteiger partial charge in [-0.25, -0.2) is 0 Å². The molecule has 0 aliphatic carbocycles. The van der Waals surface area contributed by atoms with Crippen molar-refractivity contribution in [1.82, 2.24) is 5.32 Å². The van der Waals surface area contributed by atoms with Crippen LogP contribution in [0.25, 0.3) is 0 Å². The van der Waals surface area contributed by atoms with Crippen LogP contribution in [0.1, 0.15) is 30.9 Å². The van der Waals surface area contributed by atoms with Gasteiger partial charge in [-0.15, -0.1) is 6.58 Å². The van der Waals surface area contributed by atoms with Crippen molar-refractivity contribution in [3.05, 3.63) is 48.6 Å². The molecule has 1 aromatic carbocycles. The van der Waals surface area contributed by atoms with E-state index in [1.54, 1.807) is 6.08 Å². The molecule has 0 fully saturated rings. The van der Waals surface area contributed by atoms with Gasteiger partial charge in [-0.2, -0.15) is 0 Å². The summed E-state index contributed by atoms with van der Waals surface area (Å²) in [6.45, 7) is 3.64. The van der Waals surface area contributed by atoms with Crippen LogP contribution in [0, 0.1) is 0 Å². The number of amides is 1. The Kier molecular flexibility index (Phi) is 6.04. The molecule has 1 amide bonds. The van der Waals surface area contributed by atoms with Gasteiger partial charge in [-0.05, 0) is 18.4 Å². The van der Waals surface area contributed by atoms with Crippen LogP contribution in [0.2, 0.25) is 0 Å². The molecule has 3 nitrogen and oxygen atoms in total. The number of rotatable bonds is 7. The maximum absolute atomic E-state index is 11.6. The summed E-state index contributed by atoms with van der Waals surface area (Å²) in [5, 5.41) is 11.9. The molecule has 17 heavy (non-hydrogen) atoms. The maximum atomic E-state index is 11.6. The normalized spacial score (nSPS) is 11.8. The molecule has 0 aliphatic heterocycles. The van der Waals surface area contributed by atoms with Crippen molar-refractivity contribution < 1.29 is 9.90 Å². The minimum atomic E-state index is -0.112. The topological polar surface area (TPSA) is 49.3 Å². The molecule has 0 aromatic heterocycles. The van der Waals surface area contributed by atoms with E-state index in [0.717, 1.165) is 5.56 Å². The maximum Gasteiger partial charge on any atom is 0.220 e. The van der Waals surface area contributed by atoms with Crippen LogP contribution in [0.3, 0.4) is 0 Å². The summed E-state index contributed by atoms with van der Waals surface area (Å²) in [5.41, 5.74) is 1.02. The fraction of sp³-hybridized carbons (Fsp3) is 0.357. The first-order valence-electron chi connectivity index (χ1n) is 5.84. The Morgan fingerprint density at radius 2 is 2.12 bits per heavy atom. The number of carbonyl (C=O) groups excluding carboxylic acids is 1. The number of hydrogen-bond donors (Lipinski definition) is 2. The molecule has 2 N–H and O–H groups in total. The lowest BCUT2D eigenvalue weighted by Gasteiger charge is -2.18. The first kappa shape index (κ1) is 13.5. The monoisotopic (exact) mass is 233 g/mol. The lowest BCUT2D eigenvalue weighted by Crippen LogP contribution is -2.28. The third-order valence-corrected chi connectivity index (χ3v) is 2.53. The molecule has 0 heterocycles. The Balaban J connectivity index is 2.60. The van der Waals surface area contributed by atoms with E-state index in [2.05, 4.69) is 11.9 Å². The van der Waals surface area contributed by atoms with Crippen molar-refractivity contribution in [1.29, 1.82) is 0 Å². The van der Waals surface area contributed by atoms with E-state index in [9.17, 15) is 4.79 Å². The number of benzene rings is 1. The van der Waals surface area contributed by atoms with Gasteiger partial charge in [0.15, 0.2) is 0 Å². The van der Waals surface area contributed by atoms with E-state index < -0.39 is 0 Å². The Morgan fingerprint density at radius 1 is 1.41 bits per heavy atom. The van der Waals surface area contributed by atoms with E-state index in [1.807, 2.05) is 30.3 Å². The zero-order chi connectivity index (χ0) is 12.5. The molecule has 0 unspecified atom stereocenters. The average Bonchev–Trinajstić information content (AvgIpc) is 2.37. The molecular formula is C14H19NO2. The van der Waals surface area contributed by atoms with E-state index >= 15 is 0 Å². The molecule has 0 saturated heterocycles. The van der Waals surface area contributed by atoms with Crippen LogP contribution in [-0.4, -0.2) is 17.6 Å². The number of carbonyl (C=O) groups is 1. The van der Waals surface area contributed by atoms with Crippen molar-refractivity contribution in [2.24, 2.45) is 0 Å². The quantitative estimate of drug-likeness (QED) is 0.709. The van der Waals surface area contributed by atoms with Gasteiger partial charge in [0, 0.05) is 13.0 Å². The molecule has 3 heteroatoms. The zero-order valence-corrected chi connectivity index (χ0v) is 9.93. The molecule has 0 saturated carbocycles. The van der Waals surface area contributed by atoms with Gasteiger partial charge in [-0.3, -0.25) is 4.79 Å². The molecule has 1 atom stereocenters. The Hall–Kier alpha value is -1.61. The molecule has 92 valence electrons. The van der Waals surface area contributed by atoms with Gasteiger partial charge >= 0.3 is 0 Å². The fourth-order valence-electron chi connectivity index (χ4n) is 1.64. The SMILES string of the molecule is C=CCCC(=O)N[C@@H](CCO)c1ccccc1. The summed E-state index contributed by atoms with van der Waals surface area (Å²) in [5.74, 6) is -0.00722. The lowest BCUT2D eigenvalue weighted by atomic mass is 10.0. The standard InChI is InChI=1S/C14H19NO2/c1-2-3-9-14(17)15-13(10-11-16)12-7-5-4-6-8-12/h2,4-8,13,16H,1,3,9-11H2,(H,15,17)/t13-/m0/s1. The van der Waals surface area contributed by atoms with Crippen molar-refractivity contribution >= 4 is 5.91 Å². The van der Waals surface area contributed by atoms with Crippen molar-refractivity contribution in [2.45, 2.75) is 25.3 Å². The predicted molar refractivity (Wildman–Crippen MR) is 68.5 cm³/mol. The number of hydrogen-bond acceptors (Lipinski definition) is 2. The first-order chi connectivity index (χ1) is 8.27. The summed E-state index contributed by atoms with van der Waals surface area (Å²) in [6, 6.07) is 9.57. The van der Waals surface area contributed by atoms with Gasteiger partial charge in [0.2, 0.25) is 5.91 Å². The Labute approximate surface area is 102 Å². The molecule has 0 bridgehead atoms. The third kappa shape index (κ3) is 4.83. The van der Waals surface area contributed by atoms with Gasteiger partial charge in [0.1, 0.15) is 0 Å². The second-order valence-corrected chi connectivity index (χ2v) is 3.87. The third-order valence-electron chi connectivity index (χ3n) is 2.53. The largest absolute Gasteiger partial charge is 0.396 e.